The summed E-state index contributed by atoms with van der Waals surface area (Å²) in [5, 5.41) is 3.97. The molecule has 2 rings (SSSR count). The van der Waals surface area contributed by atoms with Crippen molar-refractivity contribution >= 4 is 15.7 Å². The number of nitrogens with zero attached hydrogens (tertiary/aromatic N) is 2. The molecule has 1 heterocycles. The average Bonchev–Trinajstić information content (AvgIpc) is 2.82. The van der Waals surface area contributed by atoms with Gasteiger partial charge in [0.2, 0.25) is 10.0 Å². The lowest BCUT2D eigenvalue weighted by Crippen LogP contribution is -2.24. The lowest BCUT2D eigenvalue weighted by molar-refractivity contribution is 0.414. The van der Waals surface area contributed by atoms with Crippen LogP contribution >= 0.6 is 0 Å². The van der Waals surface area contributed by atoms with E-state index in [0.717, 1.165) is 5.56 Å². The van der Waals surface area contributed by atoms with Crippen LogP contribution in [0.2, 0.25) is 0 Å². The number of nitrogens with two attached hydrogens (primary N) is 1. The third-order valence-corrected chi connectivity index (χ3v) is 4.21. The van der Waals surface area contributed by atoms with Crippen LogP contribution in [0.25, 0.3) is 0 Å². The Kier molecular flexibility index (Phi) is 3.96. The SMILES string of the molecule is COc1ccc(S(=O)(=O)NCc2cnn(C)c2)c(N)c1. The molecule has 0 spiro atoms. The van der Waals surface area contributed by atoms with Gasteiger partial charge in [-0.05, 0) is 12.1 Å². The monoisotopic (exact) mass is 296 g/mol. The average molecular weight is 296 g/mol. The van der Waals surface area contributed by atoms with Gasteiger partial charge >= 0.3 is 0 Å². The molecule has 0 unspecified atom stereocenters. The standard InChI is InChI=1S/C12H16N4O3S/c1-16-8-9(6-14-16)7-15-20(17,18)12-4-3-10(19-2)5-11(12)13/h3-6,8,15H,7,13H2,1-2H3. The number of nitrogens with one attached hydrogen (secondary N) is 1. The number of methoxy groups -OCH3 is 1. The Balaban J connectivity index is 2.18. The number of ether oxygens (including phenoxy) is 1. The van der Waals surface area contributed by atoms with E-state index >= 15 is 0 Å². The van der Waals surface area contributed by atoms with Gasteiger partial charge in [-0.15, -0.1) is 0 Å². The first-order chi connectivity index (χ1) is 9.42. The number of hydrogen-bond acceptors (Lipinski definition) is 5. The van der Waals surface area contributed by atoms with Crippen LogP contribution in [0.5, 0.6) is 5.75 Å². The molecule has 0 amide bonds. The fourth-order valence-corrected chi connectivity index (χ4v) is 2.85. The van der Waals surface area contributed by atoms with Crippen molar-refractivity contribution < 1.29 is 13.2 Å². The molecule has 1 aromatic heterocycles. The highest BCUT2D eigenvalue weighted by atomic mass is 32.2. The van der Waals surface area contributed by atoms with E-state index in [1.54, 1.807) is 30.2 Å². The van der Waals surface area contributed by atoms with Gasteiger partial charge < -0.3 is 10.5 Å². The third-order valence-electron chi connectivity index (χ3n) is 2.73. The summed E-state index contributed by atoms with van der Waals surface area (Å²) >= 11 is 0. The van der Waals surface area contributed by atoms with E-state index in [1.807, 2.05) is 0 Å². The number of sulfonamides is 1. The van der Waals surface area contributed by atoms with Crippen molar-refractivity contribution in [2.75, 3.05) is 12.8 Å². The van der Waals surface area contributed by atoms with Gasteiger partial charge in [-0.25, -0.2) is 13.1 Å². The van der Waals surface area contributed by atoms with Gasteiger partial charge in [-0.3, -0.25) is 4.68 Å². The summed E-state index contributed by atoms with van der Waals surface area (Å²) in [5.41, 5.74) is 6.65. The van der Waals surface area contributed by atoms with Gasteiger partial charge in [0.25, 0.3) is 0 Å². The lowest BCUT2D eigenvalue weighted by Gasteiger charge is -2.09. The minimum Gasteiger partial charge on any atom is -0.497 e. The molecule has 0 saturated heterocycles. The molecule has 0 bridgehead atoms. The maximum Gasteiger partial charge on any atom is 0.242 e. The summed E-state index contributed by atoms with van der Waals surface area (Å²) in [6.07, 6.45) is 3.33. The van der Waals surface area contributed by atoms with Crippen LogP contribution in [0, 0.1) is 0 Å². The second-order valence-electron chi connectivity index (χ2n) is 4.25. The zero-order valence-electron chi connectivity index (χ0n) is 11.2. The fourth-order valence-electron chi connectivity index (χ4n) is 1.72. The van der Waals surface area contributed by atoms with Crippen molar-refractivity contribution in [3.63, 3.8) is 0 Å². The molecule has 0 aliphatic rings. The Morgan fingerprint density at radius 3 is 2.75 bits per heavy atom. The van der Waals surface area contributed by atoms with Gasteiger partial charge in [0.05, 0.1) is 19.0 Å². The van der Waals surface area contributed by atoms with Crippen molar-refractivity contribution in [2.24, 2.45) is 7.05 Å². The number of anilines is 1. The maximum atomic E-state index is 12.2. The van der Waals surface area contributed by atoms with Crippen molar-refractivity contribution in [2.45, 2.75) is 11.4 Å². The summed E-state index contributed by atoms with van der Waals surface area (Å²) in [6, 6.07) is 4.44. The summed E-state index contributed by atoms with van der Waals surface area (Å²) in [6.45, 7) is 0.154. The van der Waals surface area contributed by atoms with E-state index in [1.165, 1.54) is 19.2 Å². The predicted molar refractivity (Wildman–Crippen MR) is 74.6 cm³/mol. The second kappa shape index (κ2) is 5.51. The molecule has 1 aromatic carbocycles. The second-order valence-corrected chi connectivity index (χ2v) is 5.99. The molecule has 8 heteroatoms. The van der Waals surface area contributed by atoms with Crippen LogP contribution in [0.1, 0.15) is 5.56 Å². The largest absolute Gasteiger partial charge is 0.497 e. The van der Waals surface area contributed by atoms with E-state index in [4.69, 9.17) is 10.5 Å². The number of benzene rings is 1. The summed E-state index contributed by atoms with van der Waals surface area (Å²) in [7, 11) is -0.419. The van der Waals surface area contributed by atoms with Crippen molar-refractivity contribution in [1.82, 2.24) is 14.5 Å². The number of aryl methyl sites for hydroxylation is 1. The van der Waals surface area contributed by atoms with Crippen LogP contribution in [0.3, 0.4) is 0 Å². The number of aromatic nitrogens is 2. The number of rotatable bonds is 5. The molecule has 7 nitrogen and oxygen atoms in total. The quantitative estimate of drug-likeness (QED) is 0.782. The van der Waals surface area contributed by atoms with E-state index in [2.05, 4.69) is 9.82 Å². The topological polar surface area (TPSA) is 99.2 Å². The highest BCUT2D eigenvalue weighted by molar-refractivity contribution is 7.89. The van der Waals surface area contributed by atoms with Crippen molar-refractivity contribution in [3.8, 4) is 5.75 Å². The van der Waals surface area contributed by atoms with Crippen LogP contribution in [-0.4, -0.2) is 25.3 Å². The molecule has 20 heavy (non-hydrogen) atoms. The molecule has 108 valence electrons. The minimum atomic E-state index is -3.67. The van der Waals surface area contributed by atoms with Crippen molar-refractivity contribution in [1.29, 1.82) is 0 Å². The third kappa shape index (κ3) is 3.09. The number of nitrogen functional groups attached to an aromatic ring is 1. The molecule has 0 aliphatic heterocycles. The fraction of sp³-hybridized carbons (Fsp3) is 0.250. The predicted octanol–water partition coefficient (Wildman–Crippen LogP) is 0.489. The first-order valence-electron chi connectivity index (χ1n) is 5.83. The van der Waals surface area contributed by atoms with E-state index in [-0.39, 0.29) is 17.1 Å². The summed E-state index contributed by atoms with van der Waals surface area (Å²) in [5.74, 6) is 0.508. The molecule has 0 atom stereocenters. The van der Waals surface area contributed by atoms with Crippen LogP contribution in [-0.2, 0) is 23.6 Å². The Morgan fingerprint density at radius 1 is 1.45 bits per heavy atom. The Hall–Kier alpha value is -2.06. The minimum absolute atomic E-state index is 0.0298. The molecule has 0 fully saturated rings. The zero-order valence-corrected chi connectivity index (χ0v) is 12.0. The molecule has 0 radical (unpaired) electrons. The number of hydrogen-bond donors (Lipinski definition) is 2. The Labute approximate surface area is 117 Å². The molecule has 0 aliphatic carbocycles. The Bertz CT molecular complexity index is 709. The van der Waals surface area contributed by atoms with Gasteiger partial charge in [0.1, 0.15) is 10.6 Å². The van der Waals surface area contributed by atoms with Gasteiger partial charge in [0.15, 0.2) is 0 Å². The van der Waals surface area contributed by atoms with Gasteiger partial charge in [-0.1, -0.05) is 0 Å². The maximum absolute atomic E-state index is 12.2. The van der Waals surface area contributed by atoms with Crippen LogP contribution in [0.15, 0.2) is 35.5 Å². The zero-order chi connectivity index (χ0) is 14.8. The van der Waals surface area contributed by atoms with Gasteiger partial charge in [0, 0.05) is 31.4 Å². The summed E-state index contributed by atoms with van der Waals surface area (Å²) in [4.78, 5) is 0.0298. The molecule has 3 N–H and O–H groups in total. The van der Waals surface area contributed by atoms with Crippen molar-refractivity contribution in [3.05, 3.63) is 36.2 Å². The molecule has 2 aromatic rings. The molecular weight excluding hydrogens is 280 g/mol. The Morgan fingerprint density at radius 2 is 2.20 bits per heavy atom. The summed E-state index contributed by atoms with van der Waals surface area (Å²) < 4.78 is 33.4. The van der Waals surface area contributed by atoms with E-state index in [9.17, 15) is 8.42 Å². The van der Waals surface area contributed by atoms with E-state index < -0.39 is 10.0 Å². The molecule has 0 saturated carbocycles. The first-order valence-corrected chi connectivity index (χ1v) is 7.31. The van der Waals surface area contributed by atoms with Gasteiger partial charge in [-0.2, -0.15) is 5.10 Å². The normalized spacial score (nSPS) is 11.5. The highest BCUT2D eigenvalue weighted by Crippen LogP contribution is 2.23. The van der Waals surface area contributed by atoms with Crippen LogP contribution in [0.4, 0.5) is 5.69 Å². The van der Waals surface area contributed by atoms with Crippen LogP contribution < -0.4 is 15.2 Å². The lowest BCUT2D eigenvalue weighted by atomic mass is 10.3. The smallest absolute Gasteiger partial charge is 0.242 e. The first kappa shape index (κ1) is 14.4. The molecular formula is C12H16N4O3S. The highest BCUT2D eigenvalue weighted by Gasteiger charge is 2.17. The van der Waals surface area contributed by atoms with E-state index in [0.29, 0.717) is 5.75 Å².